The molecule has 2 aliphatic rings. The smallest absolute Gasteiger partial charge is 0.407 e. The molecular formula is C24H24N4O4. The molecule has 1 saturated heterocycles. The van der Waals surface area contributed by atoms with Crippen LogP contribution in [0.15, 0.2) is 42.5 Å². The minimum atomic E-state index is -1.11. The average molecular weight is 432 g/mol. The number of rotatable bonds is 5. The van der Waals surface area contributed by atoms with E-state index >= 15 is 0 Å². The number of nitrogens with one attached hydrogen (secondary N) is 2. The third-order valence-corrected chi connectivity index (χ3v) is 6.04. The third-order valence-electron chi connectivity index (χ3n) is 6.04. The van der Waals surface area contributed by atoms with Gasteiger partial charge in [-0.2, -0.15) is 5.26 Å². The first kappa shape index (κ1) is 21.4. The SMILES string of the molecule is N#C[C@H](Cc1ccc(-c2ccc3c(c2)CNC3=O)cc1)NC(=O)C1CCCCN1C(=O)O. The van der Waals surface area contributed by atoms with E-state index in [0.717, 1.165) is 40.0 Å². The Labute approximate surface area is 185 Å². The number of hydrogen-bond donors (Lipinski definition) is 3. The van der Waals surface area contributed by atoms with Crippen molar-refractivity contribution >= 4 is 17.9 Å². The summed E-state index contributed by atoms with van der Waals surface area (Å²) in [5, 5.41) is 24.4. The summed E-state index contributed by atoms with van der Waals surface area (Å²) in [6, 6.07) is 14.1. The maximum atomic E-state index is 12.6. The number of carbonyl (C=O) groups is 3. The van der Waals surface area contributed by atoms with Gasteiger partial charge in [-0.3, -0.25) is 14.5 Å². The second-order valence-corrected chi connectivity index (χ2v) is 8.13. The van der Waals surface area contributed by atoms with E-state index in [2.05, 4.69) is 16.7 Å². The number of amides is 3. The predicted molar refractivity (Wildman–Crippen MR) is 117 cm³/mol. The maximum Gasteiger partial charge on any atom is 0.407 e. The average Bonchev–Trinajstić information content (AvgIpc) is 3.19. The van der Waals surface area contributed by atoms with Crippen molar-refractivity contribution in [1.82, 2.24) is 15.5 Å². The Balaban J connectivity index is 1.41. The minimum Gasteiger partial charge on any atom is -0.465 e. The van der Waals surface area contributed by atoms with Crippen LogP contribution in [-0.2, 0) is 17.8 Å². The molecule has 2 aromatic rings. The zero-order chi connectivity index (χ0) is 22.7. The fourth-order valence-corrected chi connectivity index (χ4v) is 4.31. The highest BCUT2D eigenvalue weighted by Crippen LogP contribution is 2.25. The first-order valence-electron chi connectivity index (χ1n) is 10.7. The first-order valence-corrected chi connectivity index (χ1v) is 10.7. The lowest BCUT2D eigenvalue weighted by Crippen LogP contribution is -2.53. The number of nitriles is 1. The molecule has 3 amide bonds. The van der Waals surface area contributed by atoms with Gasteiger partial charge in [0.25, 0.3) is 5.91 Å². The topological polar surface area (TPSA) is 123 Å². The van der Waals surface area contributed by atoms with Gasteiger partial charge in [0, 0.05) is 25.1 Å². The van der Waals surface area contributed by atoms with Gasteiger partial charge in [-0.15, -0.1) is 0 Å². The number of piperidine rings is 1. The molecule has 4 rings (SSSR count). The fraction of sp³-hybridized carbons (Fsp3) is 0.333. The van der Waals surface area contributed by atoms with E-state index in [1.54, 1.807) is 0 Å². The maximum absolute atomic E-state index is 12.6. The van der Waals surface area contributed by atoms with Crippen molar-refractivity contribution in [3.63, 3.8) is 0 Å². The van der Waals surface area contributed by atoms with Crippen LogP contribution >= 0.6 is 0 Å². The Kier molecular flexibility index (Phi) is 6.08. The minimum absolute atomic E-state index is 0.0498. The van der Waals surface area contributed by atoms with E-state index < -0.39 is 24.1 Å². The molecule has 8 nitrogen and oxygen atoms in total. The first-order chi connectivity index (χ1) is 15.5. The van der Waals surface area contributed by atoms with Gasteiger partial charge in [0.2, 0.25) is 5.91 Å². The molecule has 2 atom stereocenters. The monoisotopic (exact) mass is 432 g/mol. The van der Waals surface area contributed by atoms with Crippen molar-refractivity contribution < 1.29 is 19.5 Å². The number of benzene rings is 2. The largest absolute Gasteiger partial charge is 0.465 e. The lowest BCUT2D eigenvalue weighted by atomic mass is 9.97. The number of likely N-dealkylation sites (tertiary alicyclic amines) is 1. The predicted octanol–water partition coefficient (Wildman–Crippen LogP) is 2.68. The van der Waals surface area contributed by atoms with Gasteiger partial charge in [0.15, 0.2) is 0 Å². The highest BCUT2D eigenvalue weighted by Gasteiger charge is 2.33. The highest BCUT2D eigenvalue weighted by molar-refractivity contribution is 5.98. The van der Waals surface area contributed by atoms with Gasteiger partial charge >= 0.3 is 6.09 Å². The summed E-state index contributed by atoms with van der Waals surface area (Å²) >= 11 is 0. The van der Waals surface area contributed by atoms with Crippen LogP contribution in [-0.4, -0.2) is 46.5 Å². The molecule has 8 heteroatoms. The zero-order valence-corrected chi connectivity index (χ0v) is 17.5. The molecule has 32 heavy (non-hydrogen) atoms. The van der Waals surface area contributed by atoms with E-state index in [-0.39, 0.29) is 5.91 Å². The highest BCUT2D eigenvalue weighted by atomic mass is 16.4. The van der Waals surface area contributed by atoms with Crippen LogP contribution in [0.25, 0.3) is 11.1 Å². The van der Waals surface area contributed by atoms with Crippen molar-refractivity contribution in [3.8, 4) is 17.2 Å². The molecule has 0 aromatic heterocycles. The lowest BCUT2D eigenvalue weighted by molar-refractivity contribution is -0.127. The van der Waals surface area contributed by atoms with Crippen LogP contribution in [0.4, 0.5) is 4.79 Å². The van der Waals surface area contributed by atoms with Gasteiger partial charge in [0.1, 0.15) is 12.1 Å². The summed E-state index contributed by atoms with van der Waals surface area (Å²) in [6.07, 6.45) is 1.20. The Morgan fingerprint density at radius 1 is 1.19 bits per heavy atom. The molecule has 2 aliphatic heterocycles. The molecule has 0 bridgehead atoms. The summed E-state index contributed by atoms with van der Waals surface area (Å²) < 4.78 is 0. The van der Waals surface area contributed by atoms with Crippen LogP contribution in [0.1, 0.15) is 40.7 Å². The summed E-state index contributed by atoms with van der Waals surface area (Å²) in [7, 11) is 0. The van der Waals surface area contributed by atoms with E-state index in [9.17, 15) is 24.8 Å². The van der Waals surface area contributed by atoms with E-state index in [1.165, 1.54) is 0 Å². The molecule has 0 radical (unpaired) electrons. The Morgan fingerprint density at radius 2 is 1.94 bits per heavy atom. The van der Waals surface area contributed by atoms with Crippen LogP contribution in [0.5, 0.6) is 0 Å². The summed E-state index contributed by atoms with van der Waals surface area (Å²) in [4.78, 5) is 36.9. The molecule has 1 unspecified atom stereocenters. The normalized spacial score (nSPS) is 18.3. The number of carboxylic acid groups (broad SMARTS) is 1. The van der Waals surface area contributed by atoms with E-state index in [1.807, 2.05) is 42.5 Å². The second kappa shape index (κ2) is 9.10. The Bertz CT molecular complexity index is 1090. The van der Waals surface area contributed by atoms with Gasteiger partial charge in [-0.25, -0.2) is 4.79 Å². The van der Waals surface area contributed by atoms with E-state index in [0.29, 0.717) is 31.5 Å². The molecule has 2 aromatic carbocycles. The molecule has 2 heterocycles. The number of hydrogen-bond acceptors (Lipinski definition) is 4. The van der Waals surface area contributed by atoms with Crippen LogP contribution in [0.3, 0.4) is 0 Å². The summed E-state index contributed by atoms with van der Waals surface area (Å²) in [5.41, 5.74) is 4.56. The zero-order valence-electron chi connectivity index (χ0n) is 17.5. The van der Waals surface area contributed by atoms with Crippen molar-refractivity contribution in [3.05, 3.63) is 59.2 Å². The third kappa shape index (κ3) is 4.42. The van der Waals surface area contributed by atoms with Gasteiger partial charge in [-0.05, 0) is 53.6 Å². The number of fused-ring (bicyclic) bond motifs is 1. The lowest BCUT2D eigenvalue weighted by Gasteiger charge is -2.32. The van der Waals surface area contributed by atoms with Crippen molar-refractivity contribution in [1.29, 1.82) is 5.26 Å². The fourth-order valence-electron chi connectivity index (χ4n) is 4.31. The molecule has 164 valence electrons. The second-order valence-electron chi connectivity index (χ2n) is 8.13. The summed E-state index contributed by atoms with van der Waals surface area (Å²) in [6.45, 7) is 0.864. The van der Waals surface area contributed by atoms with Crippen LogP contribution in [0.2, 0.25) is 0 Å². The van der Waals surface area contributed by atoms with Gasteiger partial charge < -0.3 is 15.7 Å². The molecular weight excluding hydrogens is 408 g/mol. The van der Waals surface area contributed by atoms with Crippen molar-refractivity contribution in [2.75, 3.05) is 6.54 Å². The quantitative estimate of drug-likeness (QED) is 0.670. The van der Waals surface area contributed by atoms with E-state index in [4.69, 9.17) is 0 Å². The summed E-state index contributed by atoms with van der Waals surface area (Å²) in [5.74, 6) is -0.470. The van der Waals surface area contributed by atoms with Crippen molar-refractivity contribution in [2.45, 2.75) is 44.3 Å². The Hall–Kier alpha value is -3.86. The van der Waals surface area contributed by atoms with Crippen LogP contribution in [0, 0.1) is 11.3 Å². The number of carbonyl (C=O) groups excluding carboxylic acids is 2. The van der Waals surface area contributed by atoms with Gasteiger partial charge in [-0.1, -0.05) is 30.3 Å². The molecule has 0 spiro atoms. The standard InChI is InChI=1S/C24H24N4O4/c25-13-19(27-23(30)21-3-1-2-10-28(21)24(31)32)11-15-4-6-16(7-5-15)17-8-9-20-18(12-17)14-26-22(20)29/h4-9,12,19,21H,1-3,10-11,14H2,(H,26,29)(H,27,30)(H,31,32)/t19-,21?/m0/s1. The Morgan fingerprint density at radius 3 is 2.66 bits per heavy atom. The van der Waals surface area contributed by atoms with Crippen molar-refractivity contribution in [2.24, 2.45) is 0 Å². The molecule has 0 aliphatic carbocycles. The molecule has 1 fully saturated rings. The van der Waals surface area contributed by atoms with Crippen LogP contribution < -0.4 is 10.6 Å². The number of nitrogens with zero attached hydrogens (tertiary/aromatic N) is 2. The van der Waals surface area contributed by atoms with Gasteiger partial charge in [0.05, 0.1) is 6.07 Å². The molecule has 0 saturated carbocycles. The molecule has 3 N–H and O–H groups in total.